The minimum atomic E-state index is -4.92. The van der Waals surface area contributed by atoms with Crippen molar-refractivity contribution in [2.75, 3.05) is 13.1 Å². The molecular formula is C16H18F3NO4. The van der Waals surface area contributed by atoms with Gasteiger partial charge in [0.15, 0.2) is 11.5 Å². The summed E-state index contributed by atoms with van der Waals surface area (Å²) in [7, 11) is 0. The third kappa shape index (κ3) is 3.32. The van der Waals surface area contributed by atoms with Crippen molar-refractivity contribution < 1.29 is 32.6 Å². The SMILES string of the molecule is Cc1ccc(OC(C)C(=O)N2CCC(C(=O)O)(C(F)(F)F)C2)cc1. The molecule has 1 N–H and O–H groups in total. The second kappa shape index (κ2) is 6.33. The number of aliphatic carboxylic acids is 1. The highest BCUT2D eigenvalue weighted by atomic mass is 19.4. The predicted octanol–water partition coefficient (Wildman–Crippen LogP) is 2.63. The molecular weight excluding hydrogens is 327 g/mol. The summed E-state index contributed by atoms with van der Waals surface area (Å²) in [4.78, 5) is 24.3. The van der Waals surface area contributed by atoms with Crippen molar-refractivity contribution in [2.45, 2.75) is 32.5 Å². The van der Waals surface area contributed by atoms with Gasteiger partial charge >= 0.3 is 12.1 Å². The number of likely N-dealkylation sites (tertiary alicyclic amines) is 1. The number of carboxylic acids is 1. The summed E-state index contributed by atoms with van der Waals surface area (Å²) in [5.74, 6) is -2.21. The third-order valence-corrected chi connectivity index (χ3v) is 4.21. The molecule has 1 amide bonds. The maximum Gasteiger partial charge on any atom is 0.406 e. The van der Waals surface area contributed by atoms with Crippen LogP contribution >= 0.6 is 0 Å². The van der Waals surface area contributed by atoms with E-state index in [1.807, 2.05) is 6.92 Å². The van der Waals surface area contributed by atoms with Crippen molar-refractivity contribution in [1.82, 2.24) is 4.90 Å². The Morgan fingerprint density at radius 1 is 1.29 bits per heavy atom. The monoisotopic (exact) mass is 345 g/mol. The molecule has 0 spiro atoms. The average molecular weight is 345 g/mol. The van der Waals surface area contributed by atoms with Crippen LogP contribution in [0.2, 0.25) is 0 Å². The van der Waals surface area contributed by atoms with Crippen LogP contribution in [-0.4, -0.2) is 47.3 Å². The molecule has 1 aromatic rings. The lowest BCUT2D eigenvalue weighted by atomic mass is 9.86. The Kier molecular flexibility index (Phi) is 4.77. The van der Waals surface area contributed by atoms with Crippen LogP contribution in [0.15, 0.2) is 24.3 Å². The molecule has 1 aliphatic rings. The maximum absolute atomic E-state index is 13.1. The molecule has 0 aromatic heterocycles. The van der Waals surface area contributed by atoms with Crippen LogP contribution < -0.4 is 4.74 Å². The van der Waals surface area contributed by atoms with E-state index >= 15 is 0 Å². The van der Waals surface area contributed by atoms with Crippen molar-refractivity contribution in [1.29, 1.82) is 0 Å². The van der Waals surface area contributed by atoms with Crippen molar-refractivity contribution in [2.24, 2.45) is 5.41 Å². The first kappa shape index (κ1) is 18.1. The first-order valence-electron chi connectivity index (χ1n) is 7.39. The largest absolute Gasteiger partial charge is 0.481 e. The number of hydrogen-bond donors (Lipinski definition) is 1. The Balaban J connectivity index is 2.08. The standard InChI is InChI=1S/C16H18F3NO4/c1-10-3-5-12(6-4-10)24-11(2)13(21)20-8-7-15(9-20,14(22)23)16(17,18)19/h3-6,11H,7-9H2,1-2H3,(H,22,23). The van der Waals surface area contributed by atoms with E-state index in [1.165, 1.54) is 6.92 Å². The first-order chi connectivity index (χ1) is 11.1. The number of amides is 1. The number of nitrogens with zero attached hydrogens (tertiary/aromatic N) is 1. The number of alkyl halides is 3. The third-order valence-electron chi connectivity index (χ3n) is 4.21. The van der Waals surface area contributed by atoms with Crippen molar-refractivity contribution in [3.63, 3.8) is 0 Å². The highest BCUT2D eigenvalue weighted by molar-refractivity contribution is 5.84. The Bertz CT molecular complexity index is 629. The fourth-order valence-electron chi connectivity index (χ4n) is 2.65. The molecule has 5 nitrogen and oxygen atoms in total. The molecule has 0 radical (unpaired) electrons. The van der Waals surface area contributed by atoms with E-state index in [2.05, 4.69) is 0 Å². The van der Waals surface area contributed by atoms with E-state index in [0.29, 0.717) is 5.75 Å². The Hall–Kier alpha value is -2.25. The van der Waals surface area contributed by atoms with Crippen molar-refractivity contribution in [3.05, 3.63) is 29.8 Å². The summed E-state index contributed by atoms with van der Waals surface area (Å²) in [6.07, 6.45) is -6.59. The lowest BCUT2D eigenvalue weighted by molar-refractivity contribution is -0.227. The Morgan fingerprint density at radius 3 is 2.33 bits per heavy atom. The molecule has 1 saturated heterocycles. The average Bonchev–Trinajstić information content (AvgIpc) is 2.95. The summed E-state index contributed by atoms with van der Waals surface area (Å²) in [5, 5.41) is 9.01. The number of hydrogen-bond acceptors (Lipinski definition) is 3. The molecule has 8 heteroatoms. The Labute approximate surface area is 137 Å². The fraction of sp³-hybridized carbons (Fsp3) is 0.500. The van der Waals surface area contributed by atoms with Gasteiger partial charge in [-0.3, -0.25) is 9.59 Å². The highest BCUT2D eigenvalue weighted by Crippen LogP contribution is 2.45. The summed E-state index contributed by atoms with van der Waals surface area (Å²) < 4.78 is 44.9. The van der Waals surface area contributed by atoms with Gasteiger partial charge in [-0.25, -0.2) is 0 Å². The minimum absolute atomic E-state index is 0.272. The van der Waals surface area contributed by atoms with Gasteiger partial charge in [0.25, 0.3) is 5.91 Å². The molecule has 1 heterocycles. The van der Waals surface area contributed by atoms with Gasteiger partial charge in [0.1, 0.15) is 5.75 Å². The van der Waals surface area contributed by atoms with Gasteiger partial charge in [-0.2, -0.15) is 13.2 Å². The van der Waals surface area contributed by atoms with Crippen LogP contribution in [0.4, 0.5) is 13.2 Å². The number of benzene rings is 1. The molecule has 2 unspecified atom stereocenters. The van der Waals surface area contributed by atoms with Crippen LogP contribution in [0, 0.1) is 12.3 Å². The number of aryl methyl sites for hydroxylation is 1. The lowest BCUT2D eigenvalue weighted by Gasteiger charge is -2.28. The normalized spacial score (nSPS) is 22.3. The quantitative estimate of drug-likeness (QED) is 0.911. The number of carbonyl (C=O) groups excluding carboxylic acids is 1. The molecule has 1 aliphatic heterocycles. The maximum atomic E-state index is 13.1. The molecule has 1 aromatic carbocycles. The molecule has 0 bridgehead atoms. The minimum Gasteiger partial charge on any atom is -0.481 e. The lowest BCUT2D eigenvalue weighted by Crippen LogP contribution is -2.49. The molecule has 2 atom stereocenters. The number of carboxylic acid groups (broad SMARTS) is 1. The summed E-state index contributed by atoms with van der Waals surface area (Å²) in [6.45, 7) is 2.14. The van der Waals surface area contributed by atoms with E-state index in [-0.39, 0.29) is 6.54 Å². The second-order valence-corrected chi connectivity index (χ2v) is 5.97. The van der Waals surface area contributed by atoms with Crippen LogP contribution in [0.3, 0.4) is 0 Å². The molecule has 1 fully saturated rings. The molecule has 0 aliphatic carbocycles. The van der Waals surface area contributed by atoms with Crippen molar-refractivity contribution >= 4 is 11.9 Å². The smallest absolute Gasteiger partial charge is 0.406 e. The second-order valence-electron chi connectivity index (χ2n) is 5.97. The van der Waals surface area contributed by atoms with E-state index < -0.39 is 42.5 Å². The fourth-order valence-corrected chi connectivity index (χ4v) is 2.65. The van der Waals surface area contributed by atoms with Crippen LogP contribution in [0.25, 0.3) is 0 Å². The predicted molar refractivity (Wildman–Crippen MR) is 78.6 cm³/mol. The van der Waals surface area contributed by atoms with Crippen molar-refractivity contribution in [3.8, 4) is 5.75 Å². The van der Waals surface area contributed by atoms with E-state index in [0.717, 1.165) is 10.5 Å². The summed E-state index contributed by atoms with van der Waals surface area (Å²) >= 11 is 0. The number of halogens is 3. The topological polar surface area (TPSA) is 66.8 Å². The molecule has 0 saturated carbocycles. The van der Waals surface area contributed by atoms with Crippen LogP contribution in [0.1, 0.15) is 18.9 Å². The van der Waals surface area contributed by atoms with Gasteiger partial charge in [0, 0.05) is 13.1 Å². The highest BCUT2D eigenvalue weighted by Gasteiger charge is 2.64. The Morgan fingerprint density at radius 2 is 1.88 bits per heavy atom. The van der Waals surface area contributed by atoms with Crippen LogP contribution in [0.5, 0.6) is 5.75 Å². The summed E-state index contributed by atoms with van der Waals surface area (Å²) in [6, 6.07) is 6.86. The van der Waals surface area contributed by atoms with Gasteiger partial charge in [0.2, 0.25) is 0 Å². The molecule has 24 heavy (non-hydrogen) atoms. The van der Waals surface area contributed by atoms with E-state index in [9.17, 15) is 22.8 Å². The van der Waals surface area contributed by atoms with Gasteiger partial charge in [-0.1, -0.05) is 17.7 Å². The molecule has 132 valence electrons. The van der Waals surface area contributed by atoms with Crippen LogP contribution in [-0.2, 0) is 9.59 Å². The van der Waals surface area contributed by atoms with Gasteiger partial charge in [-0.05, 0) is 32.4 Å². The van der Waals surface area contributed by atoms with E-state index in [4.69, 9.17) is 9.84 Å². The zero-order valence-electron chi connectivity index (χ0n) is 13.3. The first-order valence-corrected chi connectivity index (χ1v) is 7.39. The van der Waals surface area contributed by atoms with E-state index in [1.54, 1.807) is 24.3 Å². The number of rotatable bonds is 4. The van der Waals surface area contributed by atoms with Gasteiger partial charge < -0.3 is 14.7 Å². The van der Waals surface area contributed by atoms with Gasteiger partial charge in [0.05, 0.1) is 0 Å². The molecule has 2 rings (SSSR count). The number of ether oxygens (including phenoxy) is 1. The summed E-state index contributed by atoms with van der Waals surface area (Å²) in [5.41, 5.74) is -1.91. The number of carbonyl (C=O) groups is 2. The zero-order valence-corrected chi connectivity index (χ0v) is 13.3. The van der Waals surface area contributed by atoms with Gasteiger partial charge in [-0.15, -0.1) is 0 Å². The zero-order chi connectivity index (χ0) is 18.1.